The molecule has 2 aromatic carbocycles. The Balaban J connectivity index is 2.44. The maximum absolute atomic E-state index is 13.0. The standard InChI is InChI=1S/C23H23ClO2/c1-5-23(21(25)26-22(2,3)4,17-19-9-7-6-8-10-19)16-15-18-11-13-20(24)14-12-18/h5-14H,1,17H2,2-4H3/t23-/m0/s1. The lowest BCUT2D eigenvalue weighted by Gasteiger charge is -2.28. The van der Waals surface area contributed by atoms with Crippen molar-refractivity contribution in [3.8, 4) is 11.8 Å². The second-order valence-electron chi connectivity index (χ2n) is 7.10. The van der Waals surface area contributed by atoms with Gasteiger partial charge in [-0.2, -0.15) is 0 Å². The van der Waals surface area contributed by atoms with Gasteiger partial charge in [0.05, 0.1) is 0 Å². The van der Waals surface area contributed by atoms with E-state index in [9.17, 15) is 4.79 Å². The zero-order chi connectivity index (χ0) is 19.2. The first-order valence-corrected chi connectivity index (χ1v) is 8.82. The third-order valence-corrected chi connectivity index (χ3v) is 3.96. The van der Waals surface area contributed by atoms with Crippen LogP contribution in [0.3, 0.4) is 0 Å². The van der Waals surface area contributed by atoms with Gasteiger partial charge in [0, 0.05) is 17.0 Å². The van der Waals surface area contributed by atoms with E-state index in [1.807, 2.05) is 63.2 Å². The maximum Gasteiger partial charge on any atom is 0.329 e. The summed E-state index contributed by atoms with van der Waals surface area (Å²) in [5.74, 6) is 5.78. The van der Waals surface area contributed by atoms with Crippen LogP contribution in [0, 0.1) is 17.3 Å². The molecule has 2 rings (SSSR count). The van der Waals surface area contributed by atoms with Crippen LogP contribution in [0.15, 0.2) is 67.3 Å². The van der Waals surface area contributed by atoms with Crippen LogP contribution in [0.25, 0.3) is 0 Å². The molecule has 2 aromatic rings. The van der Waals surface area contributed by atoms with Gasteiger partial charge in [-0.25, -0.2) is 0 Å². The van der Waals surface area contributed by atoms with Gasteiger partial charge in [0.1, 0.15) is 5.60 Å². The molecule has 0 aromatic heterocycles. The van der Waals surface area contributed by atoms with E-state index < -0.39 is 17.0 Å². The van der Waals surface area contributed by atoms with Gasteiger partial charge in [-0.05, 0) is 50.6 Å². The number of esters is 1. The van der Waals surface area contributed by atoms with Crippen LogP contribution in [0.2, 0.25) is 5.02 Å². The Morgan fingerprint density at radius 3 is 2.27 bits per heavy atom. The van der Waals surface area contributed by atoms with E-state index >= 15 is 0 Å². The topological polar surface area (TPSA) is 26.3 Å². The third kappa shape index (κ3) is 5.51. The fraction of sp³-hybridized carbons (Fsp3) is 0.261. The summed E-state index contributed by atoms with van der Waals surface area (Å²) in [6.07, 6.45) is 1.98. The Labute approximate surface area is 160 Å². The molecule has 3 heteroatoms. The minimum Gasteiger partial charge on any atom is -0.459 e. The van der Waals surface area contributed by atoms with E-state index in [-0.39, 0.29) is 0 Å². The summed E-state index contributed by atoms with van der Waals surface area (Å²) >= 11 is 5.92. The van der Waals surface area contributed by atoms with Crippen molar-refractivity contribution < 1.29 is 9.53 Å². The maximum atomic E-state index is 13.0. The Bertz CT molecular complexity index is 820. The average Bonchev–Trinajstić information content (AvgIpc) is 2.59. The Morgan fingerprint density at radius 1 is 1.12 bits per heavy atom. The molecule has 0 bridgehead atoms. The van der Waals surface area contributed by atoms with Crippen LogP contribution in [0.5, 0.6) is 0 Å². The molecule has 0 N–H and O–H groups in total. The summed E-state index contributed by atoms with van der Waals surface area (Å²) < 4.78 is 5.64. The van der Waals surface area contributed by atoms with Gasteiger partial charge in [-0.1, -0.05) is 59.8 Å². The highest BCUT2D eigenvalue weighted by Crippen LogP contribution is 2.28. The van der Waals surface area contributed by atoms with Gasteiger partial charge in [0.15, 0.2) is 5.41 Å². The van der Waals surface area contributed by atoms with Gasteiger partial charge >= 0.3 is 5.97 Å². The van der Waals surface area contributed by atoms with Gasteiger partial charge < -0.3 is 4.74 Å². The highest BCUT2D eigenvalue weighted by Gasteiger charge is 2.38. The summed E-state index contributed by atoms with van der Waals surface area (Å²) in [7, 11) is 0. The number of carbonyl (C=O) groups is 1. The van der Waals surface area contributed by atoms with Crippen molar-refractivity contribution in [2.24, 2.45) is 5.41 Å². The first kappa shape index (κ1) is 19.8. The Kier molecular flexibility index (Phi) is 6.29. The van der Waals surface area contributed by atoms with Crippen LogP contribution in [-0.4, -0.2) is 11.6 Å². The third-order valence-electron chi connectivity index (χ3n) is 3.71. The van der Waals surface area contributed by atoms with Gasteiger partial charge in [-0.15, -0.1) is 6.58 Å². The molecule has 0 unspecified atom stereocenters. The molecule has 0 aliphatic rings. The normalized spacial score (nSPS) is 13.1. The van der Waals surface area contributed by atoms with Crippen molar-refractivity contribution >= 4 is 17.6 Å². The fourth-order valence-corrected chi connectivity index (χ4v) is 2.50. The minimum absolute atomic E-state index is 0.396. The minimum atomic E-state index is -1.13. The molecule has 2 nitrogen and oxygen atoms in total. The Morgan fingerprint density at radius 2 is 1.73 bits per heavy atom. The lowest BCUT2D eigenvalue weighted by atomic mass is 9.81. The molecule has 0 fully saturated rings. The van der Waals surface area contributed by atoms with Crippen LogP contribution in [0.1, 0.15) is 31.9 Å². The zero-order valence-corrected chi connectivity index (χ0v) is 16.1. The highest BCUT2D eigenvalue weighted by molar-refractivity contribution is 6.30. The van der Waals surface area contributed by atoms with Crippen LogP contribution >= 0.6 is 11.6 Å². The summed E-state index contributed by atoms with van der Waals surface area (Å²) in [6, 6.07) is 16.9. The van der Waals surface area contributed by atoms with E-state index in [2.05, 4.69) is 18.4 Å². The lowest BCUT2D eigenvalue weighted by Crippen LogP contribution is -2.37. The smallest absolute Gasteiger partial charge is 0.329 e. The number of hydrogen-bond donors (Lipinski definition) is 0. The molecular weight excluding hydrogens is 344 g/mol. The van der Waals surface area contributed by atoms with Gasteiger partial charge in [0.2, 0.25) is 0 Å². The SMILES string of the molecule is C=C[C@](C#Cc1ccc(Cl)cc1)(Cc1ccccc1)C(=O)OC(C)(C)C. The molecule has 0 amide bonds. The summed E-state index contributed by atoms with van der Waals surface area (Å²) in [6.45, 7) is 9.41. The quantitative estimate of drug-likeness (QED) is 0.408. The van der Waals surface area contributed by atoms with Crippen LogP contribution in [0.4, 0.5) is 0 Å². The predicted octanol–water partition coefficient (Wildman–Crippen LogP) is 5.45. The Hall–Kier alpha value is -2.50. The molecule has 0 heterocycles. The number of hydrogen-bond acceptors (Lipinski definition) is 2. The number of halogens is 1. The molecule has 26 heavy (non-hydrogen) atoms. The molecule has 0 saturated heterocycles. The van der Waals surface area contributed by atoms with Crippen molar-refractivity contribution in [2.75, 3.05) is 0 Å². The van der Waals surface area contributed by atoms with Gasteiger partial charge in [0.25, 0.3) is 0 Å². The number of carbonyl (C=O) groups excluding carboxylic acids is 1. The average molecular weight is 367 g/mol. The number of rotatable bonds is 4. The number of ether oxygens (including phenoxy) is 1. The van der Waals surface area contributed by atoms with Crippen LogP contribution < -0.4 is 0 Å². The predicted molar refractivity (Wildman–Crippen MR) is 107 cm³/mol. The molecule has 1 atom stereocenters. The van der Waals surface area contributed by atoms with Crippen molar-refractivity contribution in [1.82, 2.24) is 0 Å². The van der Waals surface area contributed by atoms with Crippen molar-refractivity contribution in [3.63, 3.8) is 0 Å². The van der Waals surface area contributed by atoms with Crippen molar-refractivity contribution in [3.05, 3.63) is 83.4 Å². The summed E-state index contributed by atoms with van der Waals surface area (Å²) in [4.78, 5) is 13.0. The summed E-state index contributed by atoms with van der Waals surface area (Å²) in [5, 5.41) is 0.641. The van der Waals surface area contributed by atoms with E-state index in [1.54, 1.807) is 18.2 Å². The second kappa shape index (κ2) is 8.25. The molecule has 0 spiro atoms. The molecule has 0 saturated carbocycles. The second-order valence-corrected chi connectivity index (χ2v) is 7.53. The molecule has 0 aliphatic heterocycles. The van der Waals surface area contributed by atoms with E-state index in [4.69, 9.17) is 16.3 Å². The largest absolute Gasteiger partial charge is 0.459 e. The molecule has 0 aliphatic carbocycles. The summed E-state index contributed by atoms with van der Waals surface area (Å²) in [5.41, 5.74) is 0.0269. The highest BCUT2D eigenvalue weighted by atomic mass is 35.5. The molecule has 0 radical (unpaired) electrons. The van der Waals surface area contributed by atoms with Crippen LogP contribution in [-0.2, 0) is 16.0 Å². The van der Waals surface area contributed by atoms with Gasteiger partial charge in [-0.3, -0.25) is 4.79 Å². The molecular formula is C23H23ClO2. The number of benzene rings is 2. The zero-order valence-electron chi connectivity index (χ0n) is 15.4. The molecule has 134 valence electrons. The fourth-order valence-electron chi connectivity index (χ4n) is 2.38. The monoisotopic (exact) mass is 366 g/mol. The lowest BCUT2D eigenvalue weighted by molar-refractivity contribution is -0.161. The first-order valence-electron chi connectivity index (χ1n) is 8.44. The van der Waals surface area contributed by atoms with Crippen molar-refractivity contribution in [1.29, 1.82) is 0 Å². The van der Waals surface area contributed by atoms with E-state index in [0.717, 1.165) is 11.1 Å². The van der Waals surface area contributed by atoms with Crippen molar-refractivity contribution in [2.45, 2.75) is 32.8 Å². The first-order chi connectivity index (χ1) is 12.2. The van der Waals surface area contributed by atoms with E-state index in [0.29, 0.717) is 11.4 Å². The van der Waals surface area contributed by atoms with E-state index in [1.165, 1.54) is 0 Å².